The van der Waals surface area contributed by atoms with Crippen LogP contribution in [-0.2, 0) is 0 Å². The predicted molar refractivity (Wildman–Crippen MR) is 85.5 cm³/mol. The van der Waals surface area contributed by atoms with Crippen LogP contribution >= 0.6 is 0 Å². The van der Waals surface area contributed by atoms with Gasteiger partial charge < -0.3 is 27.1 Å². The van der Waals surface area contributed by atoms with Crippen LogP contribution in [0.4, 0.5) is 0 Å². The summed E-state index contributed by atoms with van der Waals surface area (Å²) < 4.78 is 2.19. The maximum atomic E-state index is 6.27. The fourth-order valence-corrected chi connectivity index (χ4v) is 1.34. The molecule has 0 spiro atoms. The van der Waals surface area contributed by atoms with Crippen LogP contribution in [0, 0.1) is 0 Å². The Morgan fingerprint density at radius 3 is 1.00 bits per heavy atom. The van der Waals surface area contributed by atoms with Crippen LogP contribution in [0.5, 0.6) is 0 Å². The van der Waals surface area contributed by atoms with Crippen molar-refractivity contribution in [3.8, 4) is 0 Å². The molecule has 0 aromatic heterocycles. The van der Waals surface area contributed by atoms with Crippen molar-refractivity contribution >= 4 is 0 Å². The zero-order valence-corrected chi connectivity index (χ0v) is 15.5. The highest BCUT2D eigenvalue weighted by Crippen LogP contribution is 1.90. The van der Waals surface area contributed by atoms with Gasteiger partial charge in [-0.05, 0) is 19.8 Å². The molecule has 0 bridgehead atoms. The number of quaternary nitrogens is 2. The van der Waals surface area contributed by atoms with Crippen LogP contribution in [0.3, 0.4) is 0 Å². The molecule has 0 unspecified atom stereocenters. The fourth-order valence-electron chi connectivity index (χ4n) is 1.34. The molecule has 0 amide bonds. The summed E-state index contributed by atoms with van der Waals surface area (Å²) in [7, 11) is 13.3. The first-order valence-electron chi connectivity index (χ1n) is 6.93. The molecule has 0 aromatic carbocycles. The second-order valence-corrected chi connectivity index (χ2v) is 6.53. The van der Waals surface area contributed by atoms with Crippen molar-refractivity contribution in [1.29, 1.82) is 0 Å². The van der Waals surface area contributed by atoms with Crippen LogP contribution in [0.2, 0.25) is 0 Å². The van der Waals surface area contributed by atoms with E-state index in [2.05, 4.69) is 56.1 Å². The van der Waals surface area contributed by atoms with Crippen molar-refractivity contribution in [2.45, 2.75) is 33.6 Å². The van der Waals surface area contributed by atoms with Crippen molar-refractivity contribution in [1.82, 2.24) is 0 Å². The van der Waals surface area contributed by atoms with Gasteiger partial charge in [0.05, 0.1) is 55.4 Å². The van der Waals surface area contributed by atoms with Gasteiger partial charge in [0.25, 0.3) is 0 Å². The highest BCUT2D eigenvalue weighted by Gasteiger charge is 2.01. The molecular weight excluding hydrogens is 258 g/mol. The Balaban J connectivity index is -0.0000000900. The average molecular weight is 296 g/mol. The summed E-state index contributed by atoms with van der Waals surface area (Å²) in [5.41, 5.74) is 6.27. The van der Waals surface area contributed by atoms with Gasteiger partial charge >= 0.3 is 0 Å². The van der Waals surface area contributed by atoms with Crippen LogP contribution < -0.4 is 12.4 Å². The molecule has 0 radical (unpaired) electrons. The number of nitrogens with one attached hydrogen (secondary N) is 1. The molecular formula is C15H38ClN3. The van der Waals surface area contributed by atoms with E-state index in [9.17, 15) is 0 Å². The standard InChI is InChI=1S/2C6H16N.C3H6N.ClH/c2*1-5-6-7(2,3)4;1-2-3-4;/h2*5-6H2,1-4H3;2-4H,1H3;1H/q2*+1;-1;/p-1. The van der Waals surface area contributed by atoms with Crippen molar-refractivity contribution in [3.63, 3.8) is 0 Å². The molecule has 0 heterocycles. The second kappa shape index (κ2) is 15.8. The van der Waals surface area contributed by atoms with Gasteiger partial charge in [-0.25, -0.2) is 0 Å². The minimum absolute atomic E-state index is 0. The summed E-state index contributed by atoms with van der Waals surface area (Å²) >= 11 is 0. The number of nitrogens with zero attached hydrogens (tertiary/aromatic N) is 2. The van der Waals surface area contributed by atoms with Gasteiger partial charge in [0.2, 0.25) is 0 Å². The molecule has 120 valence electrons. The number of halogens is 1. The molecule has 0 aliphatic heterocycles. The highest BCUT2D eigenvalue weighted by molar-refractivity contribution is 4.80. The molecule has 0 saturated carbocycles. The third kappa shape index (κ3) is 57.5. The summed E-state index contributed by atoms with van der Waals surface area (Å²) in [5.74, 6) is 0. The molecule has 0 saturated heterocycles. The summed E-state index contributed by atoms with van der Waals surface area (Å²) in [6.45, 7) is 8.79. The molecule has 0 aliphatic carbocycles. The molecule has 1 N–H and O–H groups in total. The molecule has 0 aromatic rings. The van der Waals surface area contributed by atoms with Crippen molar-refractivity contribution in [2.24, 2.45) is 0 Å². The topological polar surface area (TPSA) is 23.8 Å². The quantitative estimate of drug-likeness (QED) is 0.685. The summed E-state index contributed by atoms with van der Waals surface area (Å²) in [6.07, 6.45) is 5.48. The zero-order chi connectivity index (χ0) is 15.2. The number of allylic oxidation sites excluding steroid dienone is 1. The molecule has 3 nitrogen and oxygen atoms in total. The maximum absolute atomic E-state index is 6.27. The highest BCUT2D eigenvalue weighted by atomic mass is 35.5. The lowest BCUT2D eigenvalue weighted by Crippen LogP contribution is -3.00. The molecule has 4 heteroatoms. The lowest BCUT2D eigenvalue weighted by molar-refractivity contribution is -0.870. The van der Waals surface area contributed by atoms with Crippen molar-refractivity contribution < 1.29 is 21.4 Å². The number of hydrogen-bond donors (Lipinski definition) is 0. The van der Waals surface area contributed by atoms with Gasteiger partial charge in [-0.15, -0.1) is 6.08 Å². The van der Waals surface area contributed by atoms with Crippen LogP contribution in [0.15, 0.2) is 12.3 Å². The third-order valence-corrected chi connectivity index (χ3v) is 1.96. The van der Waals surface area contributed by atoms with E-state index in [1.807, 2.05) is 6.92 Å². The lowest BCUT2D eigenvalue weighted by atomic mass is 10.4. The van der Waals surface area contributed by atoms with Gasteiger partial charge in [-0.2, -0.15) is 6.20 Å². The van der Waals surface area contributed by atoms with E-state index in [-0.39, 0.29) is 12.4 Å². The van der Waals surface area contributed by atoms with E-state index in [4.69, 9.17) is 5.73 Å². The Kier molecular flexibility index (Phi) is 22.6. The Morgan fingerprint density at radius 2 is 1.00 bits per heavy atom. The van der Waals surface area contributed by atoms with E-state index < -0.39 is 0 Å². The Morgan fingerprint density at radius 1 is 0.789 bits per heavy atom. The SMILES string of the molecule is CC=C[NH-].CCC[N+](C)(C)C.CCC[N+](C)(C)C.[Cl-]. The average Bonchev–Trinajstić information content (AvgIpc) is 2.15. The van der Waals surface area contributed by atoms with E-state index in [0.29, 0.717) is 0 Å². The Bertz CT molecular complexity index is 159. The molecule has 0 atom stereocenters. The van der Waals surface area contributed by atoms with E-state index in [1.54, 1.807) is 6.08 Å². The van der Waals surface area contributed by atoms with E-state index >= 15 is 0 Å². The summed E-state index contributed by atoms with van der Waals surface area (Å²) in [4.78, 5) is 0. The largest absolute Gasteiger partial charge is 1.00 e. The Hall–Kier alpha value is -0.250. The summed E-state index contributed by atoms with van der Waals surface area (Å²) in [6, 6.07) is 0. The van der Waals surface area contributed by atoms with Crippen molar-refractivity contribution in [3.05, 3.63) is 18.0 Å². The predicted octanol–water partition coefficient (Wildman–Crippen LogP) is 0.781. The van der Waals surface area contributed by atoms with E-state index in [0.717, 1.165) is 8.97 Å². The molecule has 0 fully saturated rings. The Labute approximate surface area is 129 Å². The monoisotopic (exact) mass is 295 g/mol. The van der Waals surface area contributed by atoms with Crippen molar-refractivity contribution in [2.75, 3.05) is 55.4 Å². The normalized spacial score (nSPS) is 10.8. The smallest absolute Gasteiger partial charge is 0.0777 e. The minimum atomic E-state index is 0. The molecule has 19 heavy (non-hydrogen) atoms. The van der Waals surface area contributed by atoms with E-state index in [1.165, 1.54) is 32.1 Å². The van der Waals surface area contributed by atoms with Gasteiger partial charge in [0.1, 0.15) is 0 Å². The number of rotatable bonds is 4. The van der Waals surface area contributed by atoms with Crippen LogP contribution in [0.25, 0.3) is 5.73 Å². The van der Waals surface area contributed by atoms with Crippen LogP contribution in [0.1, 0.15) is 33.6 Å². The van der Waals surface area contributed by atoms with Gasteiger partial charge in [-0.1, -0.05) is 13.8 Å². The van der Waals surface area contributed by atoms with Gasteiger partial charge in [0, 0.05) is 0 Å². The number of hydrogen-bond acceptors (Lipinski definition) is 0. The van der Waals surface area contributed by atoms with Gasteiger partial charge in [0.15, 0.2) is 0 Å². The lowest BCUT2D eigenvalue weighted by Gasteiger charge is -2.22. The first kappa shape index (κ1) is 27.2. The first-order valence-corrected chi connectivity index (χ1v) is 6.93. The van der Waals surface area contributed by atoms with Gasteiger partial charge in [-0.3, -0.25) is 0 Å². The second-order valence-electron chi connectivity index (χ2n) is 6.53. The maximum Gasteiger partial charge on any atom is 0.0777 e. The third-order valence-electron chi connectivity index (χ3n) is 1.96. The first-order chi connectivity index (χ1) is 8.04. The van der Waals surface area contributed by atoms with Crippen LogP contribution in [-0.4, -0.2) is 64.3 Å². The fraction of sp³-hybridized carbons (Fsp3) is 0.867. The summed E-state index contributed by atoms with van der Waals surface area (Å²) in [5, 5.41) is 0. The minimum Gasteiger partial charge on any atom is -1.00 e. The molecule has 0 rings (SSSR count). The zero-order valence-electron chi connectivity index (χ0n) is 14.8. The molecule has 0 aliphatic rings.